The number of amides is 1. The summed E-state index contributed by atoms with van der Waals surface area (Å²) in [4.78, 5) is 25.0. The maximum absolute atomic E-state index is 12.4. The highest BCUT2D eigenvalue weighted by atomic mass is 32.1. The van der Waals surface area contributed by atoms with E-state index in [0.717, 1.165) is 50.3 Å². The number of hydrogen-bond acceptors (Lipinski definition) is 8. The van der Waals surface area contributed by atoms with Crippen LogP contribution >= 0.6 is 11.3 Å². The Kier molecular flexibility index (Phi) is 6.46. The summed E-state index contributed by atoms with van der Waals surface area (Å²) in [5.74, 6) is 1.60. The molecule has 210 valence electrons. The van der Waals surface area contributed by atoms with Gasteiger partial charge in [0.25, 0.3) is 0 Å². The van der Waals surface area contributed by atoms with Crippen molar-refractivity contribution < 1.29 is 19.4 Å². The molecule has 0 bridgehead atoms. The highest BCUT2D eigenvalue weighted by Gasteiger charge is 2.36. The van der Waals surface area contributed by atoms with Gasteiger partial charge < -0.3 is 24.0 Å². The zero-order valence-corrected chi connectivity index (χ0v) is 24.2. The molecule has 0 unspecified atom stereocenters. The lowest BCUT2D eigenvalue weighted by Gasteiger charge is -2.40. The summed E-state index contributed by atoms with van der Waals surface area (Å²) in [5, 5.41) is 15.4. The molecule has 4 aromatic rings. The van der Waals surface area contributed by atoms with E-state index in [9.17, 15) is 9.90 Å². The molecule has 0 aliphatic carbocycles. The summed E-state index contributed by atoms with van der Waals surface area (Å²) in [6.45, 7) is 11.3. The van der Waals surface area contributed by atoms with Crippen LogP contribution in [0.3, 0.4) is 0 Å². The zero-order valence-electron chi connectivity index (χ0n) is 23.4. The maximum Gasteiger partial charge on any atom is 0.410 e. The Morgan fingerprint density at radius 2 is 2.00 bits per heavy atom. The molecular formula is C29H34N6O4S. The second-order valence-corrected chi connectivity index (χ2v) is 13.1. The van der Waals surface area contributed by atoms with E-state index in [1.54, 1.807) is 47.2 Å². The molecule has 3 aromatic heterocycles. The first-order valence-corrected chi connectivity index (χ1v) is 14.3. The quantitative estimate of drug-likeness (QED) is 0.363. The number of aromatic nitrogens is 5. The molecule has 2 aliphatic heterocycles. The fourth-order valence-electron chi connectivity index (χ4n) is 4.97. The number of likely N-dealkylation sites (tertiary alicyclic amines) is 1. The Labute approximate surface area is 237 Å². The third kappa shape index (κ3) is 5.35. The molecule has 1 saturated heterocycles. The van der Waals surface area contributed by atoms with Crippen LogP contribution in [0.4, 0.5) is 4.79 Å². The smallest absolute Gasteiger partial charge is 0.410 e. The van der Waals surface area contributed by atoms with E-state index in [4.69, 9.17) is 14.5 Å². The van der Waals surface area contributed by atoms with Crippen LogP contribution in [0.2, 0.25) is 0 Å². The highest BCUT2D eigenvalue weighted by molar-refractivity contribution is 7.15. The lowest BCUT2D eigenvalue weighted by molar-refractivity contribution is 0.00124. The number of imidazole rings is 1. The van der Waals surface area contributed by atoms with E-state index in [-0.39, 0.29) is 12.1 Å². The summed E-state index contributed by atoms with van der Waals surface area (Å²) < 4.78 is 15.5. The zero-order chi connectivity index (χ0) is 28.2. The summed E-state index contributed by atoms with van der Waals surface area (Å²) in [7, 11) is 0. The van der Waals surface area contributed by atoms with E-state index >= 15 is 0 Å². The topological polar surface area (TPSA) is 108 Å². The minimum atomic E-state index is -0.844. The maximum atomic E-state index is 12.4. The van der Waals surface area contributed by atoms with Gasteiger partial charge in [0, 0.05) is 54.1 Å². The number of ether oxygens (including phenoxy) is 2. The molecule has 1 fully saturated rings. The van der Waals surface area contributed by atoms with Crippen molar-refractivity contribution in [2.75, 3.05) is 19.7 Å². The number of fused-ring (bicyclic) bond motifs is 3. The van der Waals surface area contributed by atoms with Crippen LogP contribution in [-0.2, 0) is 17.7 Å². The van der Waals surface area contributed by atoms with E-state index in [1.165, 1.54) is 0 Å². The average Bonchev–Trinajstić information content (AvgIpc) is 3.54. The fraction of sp³-hybridized carbons (Fsp3) is 0.448. The lowest BCUT2D eigenvalue weighted by atomic mass is 10.0. The Bertz CT molecular complexity index is 1550. The molecule has 0 saturated carbocycles. The van der Waals surface area contributed by atoms with Crippen molar-refractivity contribution in [1.29, 1.82) is 0 Å². The average molecular weight is 563 g/mol. The van der Waals surface area contributed by atoms with Crippen LogP contribution in [0.1, 0.15) is 45.5 Å². The van der Waals surface area contributed by atoms with Crippen molar-refractivity contribution in [3.63, 3.8) is 0 Å². The molecule has 6 rings (SSSR count). The Morgan fingerprint density at radius 1 is 1.20 bits per heavy atom. The molecule has 2 aliphatic rings. The summed E-state index contributed by atoms with van der Waals surface area (Å²) in [5.41, 5.74) is 2.48. The van der Waals surface area contributed by atoms with Crippen LogP contribution in [-0.4, -0.2) is 71.3 Å². The number of rotatable bonds is 5. The number of carbonyl (C=O) groups excluding carboxylic acids is 1. The number of aliphatic hydroxyl groups is 1. The standard InChI is InChI=1S/C29H34N6O4S/c1-28(2,3)39-27(36)33-15-20(16-33)35-10-9-30-25(35)26-32-24-21-7-6-18(12-22(21)38-11-8-23(24)40-26)19-13-31-34(14-19)17-29(4,5)37/h6-7,9-10,12-14,20,37H,8,11,15-17H2,1-5H3. The third-order valence-corrected chi connectivity index (χ3v) is 7.91. The summed E-state index contributed by atoms with van der Waals surface area (Å²) >= 11 is 1.64. The SMILES string of the molecule is CC(C)(O)Cn1cc(-c2ccc3c(c2)OCCc2sc(-c4nccn4C4CN(C(=O)OC(C)(C)C)C4)nc2-3)cn1. The van der Waals surface area contributed by atoms with Gasteiger partial charge in [-0.2, -0.15) is 5.10 Å². The molecule has 40 heavy (non-hydrogen) atoms. The first-order chi connectivity index (χ1) is 18.9. The van der Waals surface area contributed by atoms with Gasteiger partial charge in [-0.25, -0.2) is 14.8 Å². The summed E-state index contributed by atoms with van der Waals surface area (Å²) in [6, 6.07) is 6.28. The molecule has 11 heteroatoms. The minimum Gasteiger partial charge on any atom is -0.492 e. The molecule has 1 amide bonds. The number of hydrogen-bond donors (Lipinski definition) is 1. The third-order valence-electron chi connectivity index (χ3n) is 6.80. The molecule has 0 spiro atoms. The van der Waals surface area contributed by atoms with Crippen molar-refractivity contribution in [2.45, 2.75) is 64.8 Å². The first kappa shape index (κ1) is 26.5. The number of thiazole rings is 1. The first-order valence-electron chi connectivity index (χ1n) is 13.5. The second-order valence-electron chi connectivity index (χ2n) is 12.0. The van der Waals surface area contributed by atoms with Crippen molar-refractivity contribution in [3.8, 4) is 39.0 Å². The van der Waals surface area contributed by atoms with E-state index in [1.807, 2.05) is 39.2 Å². The van der Waals surface area contributed by atoms with Crippen LogP contribution in [0.5, 0.6) is 5.75 Å². The van der Waals surface area contributed by atoms with Crippen LogP contribution in [0.15, 0.2) is 43.0 Å². The lowest BCUT2D eigenvalue weighted by Crippen LogP contribution is -2.52. The van der Waals surface area contributed by atoms with Crippen LogP contribution in [0.25, 0.3) is 33.2 Å². The normalized spacial score (nSPS) is 15.6. The highest BCUT2D eigenvalue weighted by Crippen LogP contribution is 2.42. The number of carbonyl (C=O) groups is 1. The molecule has 5 heterocycles. The number of nitrogens with zero attached hydrogens (tertiary/aromatic N) is 6. The predicted molar refractivity (Wildman–Crippen MR) is 152 cm³/mol. The van der Waals surface area contributed by atoms with Gasteiger partial charge >= 0.3 is 6.09 Å². The largest absolute Gasteiger partial charge is 0.492 e. The summed E-state index contributed by atoms with van der Waals surface area (Å²) in [6.07, 6.45) is 7.97. The monoisotopic (exact) mass is 562 g/mol. The fourth-order valence-corrected chi connectivity index (χ4v) is 6.03. The Morgan fingerprint density at radius 3 is 2.75 bits per heavy atom. The molecule has 1 aromatic carbocycles. The van der Waals surface area contributed by atoms with Gasteiger partial charge in [-0.15, -0.1) is 11.3 Å². The van der Waals surface area contributed by atoms with Gasteiger partial charge in [0.15, 0.2) is 10.8 Å². The van der Waals surface area contributed by atoms with Gasteiger partial charge in [0.05, 0.1) is 36.7 Å². The minimum absolute atomic E-state index is 0.129. The molecular weight excluding hydrogens is 528 g/mol. The van der Waals surface area contributed by atoms with Gasteiger partial charge in [0.2, 0.25) is 0 Å². The van der Waals surface area contributed by atoms with Crippen molar-refractivity contribution >= 4 is 17.4 Å². The molecule has 0 atom stereocenters. The van der Waals surface area contributed by atoms with Gasteiger partial charge in [-0.3, -0.25) is 4.68 Å². The van der Waals surface area contributed by atoms with E-state index < -0.39 is 11.2 Å². The molecule has 0 radical (unpaired) electrons. The van der Waals surface area contributed by atoms with Gasteiger partial charge in [-0.05, 0) is 52.3 Å². The van der Waals surface area contributed by atoms with Crippen molar-refractivity contribution in [3.05, 3.63) is 47.9 Å². The van der Waals surface area contributed by atoms with Crippen molar-refractivity contribution in [1.82, 2.24) is 29.2 Å². The van der Waals surface area contributed by atoms with Gasteiger partial charge in [-0.1, -0.05) is 6.07 Å². The van der Waals surface area contributed by atoms with Crippen LogP contribution < -0.4 is 4.74 Å². The predicted octanol–water partition coefficient (Wildman–Crippen LogP) is 5.03. The van der Waals surface area contributed by atoms with Crippen molar-refractivity contribution in [2.24, 2.45) is 0 Å². The molecule has 1 N–H and O–H groups in total. The van der Waals surface area contributed by atoms with E-state index in [2.05, 4.69) is 26.8 Å². The van der Waals surface area contributed by atoms with Crippen LogP contribution in [0, 0.1) is 0 Å². The Balaban J connectivity index is 1.23. The number of benzene rings is 1. The second kappa shape index (κ2) is 9.74. The van der Waals surface area contributed by atoms with Gasteiger partial charge in [0.1, 0.15) is 11.4 Å². The molecule has 10 nitrogen and oxygen atoms in total. The van der Waals surface area contributed by atoms with E-state index in [0.29, 0.717) is 26.2 Å². The Hall–Kier alpha value is -3.70.